The first-order chi connectivity index (χ1) is 10.1. The number of urea groups is 1. The van der Waals surface area contributed by atoms with E-state index in [1.54, 1.807) is 11.8 Å². The second kappa shape index (κ2) is 5.58. The fourth-order valence-corrected chi connectivity index (χ4v) is 2.52. The number of benzene rings is 2. The van der Waals surface area contributed by atoms with Crippen molar-refractivity contribution in [1.82, 2.24) is 4.90 Å². The van der Waals surface area contributed by atoms with Gasteiger partial charge in [0.05, 0.1) is 6.10 Å². The second-order valence-corrected chi connectivity index (χ2v) is 5.35. The summed E-state index contributed by atoms with van der Waals surface area (Å²) in [6.45, 7) is 3.01. The van der Waals surface area contributed by atoms with Crippen LogP contribution in [0.1, 0.15) is 29.7 Å². The number of aliphatic hydroxyl groups excluding tert-OH is 1. The van der Waals surface area contributed by atoms with Crippen LogP contribution < -0.4 is 5.32 Å². The molecule has 4 nitrogen and oxygen atoms in total. The molecule has 0 aromatic heterocycles. The minimum absolute atomic E-state index is 0.101. The van der Waals surface area contributed by atoms with E-state index in [-0.39, 0.29) is 6.03 Å². The molecule has 0 radical (unpaired) electrons. The number of hydrogen-bond acceptors (Lipinski definition) is 2. The summed E-state index contributed by atoms with van der Waals surface area (Å²) < 4.78 is 0. The van der Waals surface area contributed by atoms with Gasteiger partial charge in [0.2, 0.25) is 0 Å². The Morgan fingerprint density at radius 1 is 1.10 bits per heavy atom. The lowest BCUT2D eigenvalue weighted by molar-refractivity contribution is 0.199. The van der Waals surface area contributed by atoms with Crippen LogP contribution in [0.2, 0.25) is 0 Å². The molecule has 1 heterocycles. The largest absolute Gasteiger partial charge is 0.389 e. The van der Waals surface area contributed by atoms with Crippen LogP contribution in [0.25, 0.3) is 0 Å². The zero-order valence-electron chi connectivity index (χ0n) is 11.9. The van der Waals surface area contributed by atoms with Gasteiger partial charge in [0.1, 0.15) is 0 Å². The van der Waals surface area contributed by atoms with Crippen molar-refractivity contribution in [3.63, 3.8) is 0 Å². The van der Waals surface area contributed by atoms with Crippen LogP contribution in [0.15, 0.2) is 48.5 Å². The summed E-state index contributed by atoms with van der Waals surface area (Å²) in [4.78, 5) is 14.1. The number of amides is 2. The van der Waals surface area contributed by atoms with Gasteiger partial charge in [-0.2, -0.15) is 0 Å². The van der Waals surface area contributed by atoms with Crippen molar-refractivity contribution in [2.24, 2.45) is 0 Å². The summed E-state index contributed by atoms with van der Waals surface area (Å²) in [5.41, 5.74) is 3.98. The number of aliphatic hydroxyl groups is 1. The van der Waals surface area contributed by atoms with E-state index in [2.05, 4.69) is 17.4 Å². The Hall–Kier alpha value is -2.33. The number of carbonyl (C=O) groups excluding carboxylic acids is 1. The average molecular weight is 282 g/mol. The summed E-state index contributed by atoms with van der Waals surface area (Å²) in [6, 6.07) is 15.3. The fourth-order valence-electron chi connectivity index (χ4n) is 2.52. The molecule has 3 rings (SSSR count). The lowest BCUT2D eigenvalue weighted by Gasteiger charge is -2.16. The molecule has 1 atom stereocenters. The Labute approximate surface area is 124 Å². The molecule has 1 aliphatic heterocycles. The molecule has 2 aromatic rings. The van der Waals surface area contributed by atoms with E-state index in [0.29, 0.717) is 13.1 Å². The highest BCUT2D eigenvalue weighted by Crippen LogP contribution is 2.23. The maximum Gasteiger partial charge on any atom is 0.322 e. The van der Waals surface area contributed by atoms with Crippen LogP contribution in [-0.4, -0.2) is 16.0 Å². The molecule has 1 aliphatic rings. The van der Waals surface area contributed by atoms with E-state index in [9.17, 15) is 9.90 Å². The predicted molar refractivity (Wildman–Crippen MR) is 81.8 cm³/mol. The van der Waals surface area contributed by atoms with Crippen molar-refractivity contribution in [1.29, 1.82) is 0 Å². The summed E-state index contributed by atoms with van der Waals surface area (Å²) >= 11 is 0. The van der Waals surface area contributed by atoms with Gasteiger partial charge in [-0.3, -0.25) is 0 Å². The number of carbonyl (C=O) groups is 1. The van der Waals surface area contributed by atoms with Gasteiger partial charge in [-0.15, -0.1) is 0 Å². The van der Waals surface area contributed by atoms with E-state index in [4.69, 9.17) is 0 Å². The molecule has 108 valence electrons. The van der Waals surface area contributed by atoms with Gasteiger partial charge in [-0.25, -0.2) is 4.79 Å². The molecule has 0 saturated heterocycles. The highest BCUT2D eigenvalue weighted by atomic mass is 16.3. The standard InChI is InChI=1S/C17H18N2O2/c1-12(20)13-6-8-16(9-7-13)18-17(21)19-10-14-4-2-3-5-15(14)11-19/h2-9,12,20H,10-11H2,1H3,(H,18,21). The van der Waals surface area contributed by atoms with Crippen LogP contribution in [0.3, 0.4) is 0 Å². The smallest absolute Gasteiger partial charge is 0.322 e. The monoisotopic (exact) mass is 282 g/mol. The normalized spacial score (nSPS) is 14.7. The number of anilines is 1. The minimum atomic E-state index is -0.497. The Balaban J connectivity index is 1.65. The molecule has 2 N–H and O–H groups in total. The third-order valence-electron chi connectivity index (χ3n) is 3.77. The van der Waals surface area contributed by atoms with Crippen molar-refractivity contribution in [3.05, 3.63) is 65.2 Å². The maximum absolute atomic E-state index is 12.3. The molecule has 0 spiro atoms. The van der Waals surface area contributed by atoms with Gasteiger partial charge in [-0.1, -0.05) is 36.4 Å². The molecular weight excluding hydrogens is 264 g/mol. The maximum atomic E-state index is 12.3. The summed E-state index contributed by atoms with van der Waals surface area (Å²) in [5, 5.41) is 12.4. The molecule has 1 unspecified atom stereocenters. The van der Waals surface area contributed by atoms with Crippen LogP contribution in [0, 0.1) is 0 Å². The van der Waals surface area contributed by atoms with Crippen molar-refractivity contribution in [2.75, 3.05) is 5.32 Å². The summed E-state index contributed by atoms with van der Waals surface area (Å²) in [6.07, 6.45) is -0.497. The minimum Gasteiger partial charge on any atom is -0.389 e. The fraction of sp³-hybridized carbons (Fsp3) is 0.235. The van der Waals surface area contributed by atoms with Gasteiger partial charge in [0.25, 0.3) is 0 Å². The molecule has 0 aliphatic carbocycles. The third kappa shape index (κ3) is 2.90. The second-order valence-electron chi connectivity index (χ2n) is 5.35. The zero-order valence-corrected chi connectivity index (χ0v) is 11.9. The van der Waals surface area contributed by atoms with Crippen molar-refractivity contribution in [2.45, 2.75) is 26.1 Å². The molecule has 0 bridgehead atoms. The van der Waals surface area contributed by atoms with Crippen molar-refractivity contribution in [3.8, 4) is 0 Å². The average Bonchev–Trinajstić information content (AvgIpc) is 2.92. The number of nitrogens with one attached hydrogen (secondary N) is 1. The van der Waals surface area contributed by atoms with Crippen LogP contribution in [-0.2, 0) is 13.1 Å². The quantitative estimate of drug-likeness (QED) is 0.888. The lowest BCUT2D eigenvalue weighted by atomic mass is 10.1. The van der Waals surface area contributed by atoms with E-state index < -0.39 is 6.10 Å². The van der Waals surface area contributed by atoms with Crippen LogP contribution >= 0.6 is 0 Å². The molecule has 2 amide bonds. The number of nitrogens with zero attached hydrogens (tertiary/aromatic N) is 1. The van der Waals surface area contributed by atoms with Crippen molar-refractivity contribution >= 4 is 11.7 Å². The Morgan fingerprint density at radius 3 is 2.19 bits per heavy atom. The SMILES string of the molecule is CC(O)c1ccc(NC(=O)N2Cc3ccccc3C2)cc1. The molecular formula is C17H18N2O2. The molecule has 0 fully saturated rings. The highest BCUT2D eigenvalue weighted by molar-refractivity contribution is 5.89. The van der Waals surface area contributed by atoms with Crippen molar-refractivity contribution < 1.29 is 9.90 Å². The Bertz CT molecular complexity index is 625. The van der Waals surface area contributed by atoms with Crippen LogP contribution in [0.5, 0.6) is 0 Å². The summed E-state index contributed by atoms with van der Waals surface area (Å²) in [7, 11) is 0. The van der Waals surface area contributed by atoms with E-state index >= 15 is 0 Å². The van der Waals surface area contributed by atoms with E-state index in [1.165, 1.54) is 11.1 Å². The zero-order chi connectivity index (χ0) is 14.8. The molecule has 21 heavy (non-hydrogen) atoms. The van der Waals surface area contributed by atoms with Crippen LogP contribution in [0.4, 0.5) is 10.5 Å². The van der Waals surface area contributed by atoms with E-state index in [0.717, 1.165) is 11.3 Å². The van der Waals surface area contributed by atoms with Gasteiger partial charge in [-0.05, 0) is 35.7 Å². The topological polar surface area (TPSA) is 52.6 Å². The first-order valence-corrected chi connectivity index (χ1v) is 7.04. The molecule has 2 aromatic carbocycles. The van der Waals surface area contributed by atoms with Gasteiger partial charge in [0, 0.05) is 18.8 Å². The van der Waals surface area contributed by atoms with Gasteiger partial charge < -0.3 is 15.3 Å². The Kier molecular flexibility index (Phi) is 3.62. The first kappa shape index (κ1) is 13.6. The molecule has 0 saturated carbocycles. The van der Waals surface area contributed by atoms with E-state index in [1.807, 2.05) is 36.4 Å². The third-order valence-corrected chi connectivity index (χ3v) is 3.77. The van der Waals surface area contributed by atoms with Gasteiger partial charge in [0.15, 0.2) is 0 Å². The number of hydrogen-bond donors (Lipinski definition) is 2. The Morgan fingerprint density at radius 2 is 1.67 bits per heavy atom. The predicted octanol–water partition coefficient (Wildman–Crippen LogP) is 3.29. The molecule has 4 heteroatoms. The van der Waals surface area contributed by atoms with Gasteiger partial charge >= 0.3 is 6.03 Å². The first-order valence-electron chi connectivity index (χ1n) is 7.04. The number of rotatable bonds is 2. The summed E-state index contributed by atoms with van der Waals surface area (Å²) in [5.74, 6) is 0. The lowest BCUT2D eigenvalue weighted by Crippen LogP contribution is -2.30. The number of fused-ring (bicyclic) bond motifs is 1. The highest BCUT2D eigenvalue weighted by Gasteiger charge is 2.22.